The summed E-state index contributed by atoms with van der Waals surface area (Å²) in [5.74, 6) is 0. The maximum absolute atomic E-state index is 12.8. The molecule has 0 radical (unpaired) electrons. The molecule has 0 aliphatic carbocycles. The molecule has 2 aromatic carbocycles. The Kier molecular flexibility index (Phi) is 5.90. The van der Waals surface area contributed by atoms with E-state index in [4.69, 9.17) is 15.8 Å². The molecule has 0 unspecified atom stereocenters. The number of nitriles is 3. The lowest BCUT2D eigenvalue weighted by Crippen LogP contribution is -2.04. The summed E-state index contributed by atoms with van der Waals surface area (Å²) in [6.07, 6.45) is -3.27. The van der Waals surface area contributed by atoms with Crippen LogP contribution in [0.3, 0.4) is 0 Å². The van der Waals surface area contributed by atoms with E-state index in [0.717, 1.165) is 23.9 Å². The number of benzene rings is 2. The van der Waals surface area contributed by atoms with Crippen molar-refractivity contribution in [1.82, 2.24) is 0 Å². The van der Waals surface area contributed by atoms with Crippen LogP contribution in [0.5, 0.6) is 0 Å². The second-order valence-electron chi connectivity index (χ2n) is 4.88. The Morgan fingerprint density at radius 1 is 1.04 bits per heavy atom. The number of nitrogens with zero attached hydrogens (tertiary/aromatic N) is 3. The Bertz CT molecular complexity index is 960. The largest absolute Gasteiger partial charge is 0.416 e. The van der Waals surface area contributed by atoms with Crippen molar-refractivity contribution in [2.75, 3.05) is 5.32 Å². The highest BCUT2D eigenvalue weighted by Crippen LogP contribution is 2.37. The molecular weight excluding hydrogens is 361 g/mol. The van der Waals surface area contributed by atoms with Gasteiger partial charge in [-0.15, -0.1) is 0 Å². The Labute approximate surface area is 151 Å². The highest BCUT2D eigenvalue weighted by molar-refractivity contribution is 7.99. The van der Waals surface area contributed by atoms with Crippen molar-refractivity contribution in [2.45, 2.75) is 16.0 Å². The molecule has 0 bridgehead atoms. The van der Waals surface area contributed by atoms with Crippen molar-refractivity contribution in [1.29, 1.82) is 15.8 Å². The van der Waals surface area contributed by atoms with Crippen molar-refractivity contribution >= 4 is 17.4 Å². The van der Waals surface area contributed by atoms with Crippen molar-refractivity contribution in [2.24, 2.45) is 0 Å². The van der Waals surface area contributed by atoms with Gasteiger partial charge >= 0.3 is 6.18 Å². The van der Waals surface area contributed by atoms with Gasteiger partial charge in [0.15, 0.2) is 0 Å². The standard InChI is InChI=1S/C18H9F3N4S/c19-18(20,21)14-2-1-3-15(7-14)26-17-5-4-12(8-22)6-16(17)25-11-13(9-23)10-24/h1-7,11,25H. The molecule has 26 heavy (non-hydrogen) atoms. The molecule has 1 N–H and O–H groups in total. The summed E-state index contributed by atoms with van der Waals surface area (Å²) in [7, 11) is 0. The fourth-order valence-electron chi connectivity index (χ4n) is 1.90. The molecule has 2 aromatic rings. The van der Waals surface area contributed by atoms with Gasteiger partial charge in [0.25, 0.3) is 0 Å². The predicted octanol–water partition coefficient (Wildman–Crippen LogP) is 5.07. The molecule has 8 heteroatoms. The molecule has 0 saturated heterocycles. The minimum atomic E-state index is -4.44. The van der Waals surface area contributed by atoms with E-state index in [9.17, 15) is 13.2 Å². The number of hydrogen-bond acceptors (Lipinski definition) is 5. The van der Waals surface area contributed by atoms with E-state index in [1.807, 2.05) is 6.07 Å². The molecule has 0 fully saturated rings. The van der Waals surface area contributed by atoms with Crippen molar-refractivity contribution < 1.29 is 13.2 Å². The maximum atomic E-state index is 12.8. The lowest BCUT2D eigenvalue weighted by molar-refractivity contribution is -0.137. The third-order valence-corrected chi connectivity index (χ3v) is 4.18. The number of nitrogens with one attached hydrogen (secondary N) is 1. The van der Waals surface area contributed by atoms with Gasteiger partial charge in [-0.3, -0.25) is 0 Å². The molecular formula is C18H9F3N4S. The minimum Gasteiger partial charge on any atom is -0.359 e. The second-order valence-corrected chi connectivity index (χ2v) is 5.99. The molecule has 128 valence electrons. The average Bonchev–Trinajstić information content (AvgIpc) is 2.63. The number of hydrogen-bond donors (Lipinski definition) is 1. The molecule has 2 rings (SSSR count). The third-order valence-electron chi connectivity index (χ3n) is 3.11. The predicted molar refractivity (Wildman–Crippen MR) is 89.7 cm³/mol. The molecule has 0 spiro atoms. The van der Waals surface area contributed by atoms with Gasteiger partial charge in [-0.25, -0.2) is 0 Å². The Balaban J connectivity index is 2.38. The van der Waals surface area contributed by atoms with Crippen molar-refractivity contribution in [3.05, 3.63) is 65.4 Å². The second kappa shape index (κ2) is 8.11. The summed E-state index contributed by atoms with van der Waals surface area (Å²) in [4.78, 5) is 0.896. The summed E-state index contributed by atoms with van der Waals surface area (Å²) in [5.41, 5.74) is -0.219. The van der Waals surface area contributed by atoms with Gasteiger partial charge in [-0.2, -0.15) is 29.0 Å². The first-order valence-electron chi connectivity index (χ1n) is 7.03. The van der Waals surface area contributed by atoms with Gasteiger partial charge in [-0.1, -0.05) is 17.8 Å². The summed E-state index contributed by atoms with van der Waals surface area (Å²) >= 11 is 1.06. The maximum Gasteiger partial charge on any atom is 0.416 e. The monoisotopic (exact) mass is 370 g/mol. The average molecular weight is 370 g/mol. The van der Waals surface area contributed by atoms with Crippen LogP contribution in [0.15, 0.2) is 64.0 Å². The Morgan fingerprint density at radius 2 is 1.77 bits per heavy atom. The fourth-order valence-corrected chi connectivity index (χ4v) is 2.85. The zero-order valence-corrected chi connectivity index (χ0v) is 13.8. The Hall–Kier alpha value is -3.41. The van der Waals surface area contributed by atoms with E-state index < -0.39 is 11.7 Å². The van der Waals surface area contributed by atoms with Crippen molar-refractivity contribution in [3.63, 3.8) is 0 Å². The van der Waals surface area contributed by atoms with E-state index in [0.29, 0.717) is 21.0 Å². The summed E-state index contributed by atoms with van der Waals surface area (Å²) in [6, 6.07) is 14.8. The smallest absolute Gasteiger partial charge is 0.359 e. The number of allylic oxidation sites excluding steroid dienone is 1. The summed E-state index contributed by atoms with van der Waals surface area (Å²) in [5, 5.41) is 29.3. The topological polar surface area (TPSA) is 83.4 Å². The van der Waals surface area contributed by atoms with Crippen LogP contribution in [0.2, 0.25) is 0 Å². The molecule has 0 amide bonds. The number of rotatable bonds is 4. The van der Waals surface area contributed by atoms with Crippen LogP contribution in [-0.4, -0.2) is 0 Å². The molecule has 4 nitrogen and oxygen atoms in total. The first-order valence-corrected chi connectivity index (χ1v) is 7.85. The molecule has 0 heterocycles. The SMILES string of the molecule is N#CC(C#N)=CNc1cc(C#N)ccc1Sc1cccc(C(F)(F)F)c1. The van der Waals surface area contributed by atoms with Crippen LogP contribution in [0.4, 0.5) is 18.9 Å². The molecule has 0 atom stereocenters. The zero-order chi connectivity index (χ0) is 19.2. The van der Waals surface area contributed by atoms with Crippen LogP contribution >= 0.6 is 11.8 Å². The zero-order valence-electron chi connectivity index (χ0n) is 13.0. The normalized spacial score (nSPS) is 10.2. The molecule has 0 saturated carbocycles. The summed E-state index contributed by atoms with van der Waals surface area (Å²) in [6.45, 7) is 0. The fraction of sp³-hybridized carbons (Fsp3) is 0.0556. The highest BCUT2D eigenvalue weighted by Gasteiger charge is 2.30. The molecule has 0 aliphatic heterocycles. The summed E-state index contributed by atoms with van der Waals surface area (Å²) < 4.78 is 38.5. The quantitative estimate of drug-likeness (QED) is 0.760. The van der Waals surface area contributed by atoms with Gasteiger partial charge in [0.2, 0.25) is 0 Å². The van der Waals surface area contributed by atoms with Crippen LogP contribution in [0, 0.1) is 34.0 Å². The highest BCUT2D eigenvalue weighted by atomic mass is 32.2. The van der Waals surface area contributed by atoms with Crippen LogP contribution in [-0.2, 0) is 6.18 Å². The third kappa shape index (κ3) is 4.80. The molecule has 0 aliphatic rings. The van der Waals surface area contributed by atoms with Gasteiger partial charge in [-0.05, 0) is 36.4 Å². The molecule has 0 aromatic heterocycles. The number of halogens is 3. The van der Waals surface area contributed by atoms with Crippen molar-refractivity contribution in [3.8, 4) is 18.2 Å². The van der Waals surface area contributed by atoms with E-state index in [2.05, 4.69) is 5.32 Å². The number of alkyl halides is 3. The number of anilines is 1. The first-order chi connectivity index (χ1) is 12.4. The lowest BCUT2D eigenvalue weighted by atomic mass is 10.2. The Morgan fingerprint density at radius 3 is 2.38 bits per heavy atom. The van der Waals surface area contributed by atoms with Crippen LogP contribution in [0.1, 0.15) is 11.1 Å². The first kappa shape index (κ1) is 18.9. The van der Waals surface area contributed by atoms with E-state index in [1.54, 1.807) is 18.2 Å². The van der Waals surface area contributed by atoms with E-state index in [1.165, 1.54) is 30.5 Å². The van der Waals surface area contributed by atoms with E-state index in [-0.39, 0.29) is 5.57 Å². The van der Waals surface area contributed by atoms with Crippen LogP contribution in [0.25, 0.3) is 0 Å². The van der Waals surface area contributed by atoms with Gasteiger partial charge < -0.3 is 5.32 Å². The lowest BCUT2D eigenvalue weighted by Gasteiger charge is -2.11. The van der Waals surface area contributed by atoms with Crippen LogP contribution < -0.4 is 5.32 Å². The van der Waals surface area contributed by atoms with Gasteiger partial charge in [0.05, 0.1) is 22.9 Å². The van der Waals surface area contributed by atoms with E-state index >= 15 is 0 Å². The van der Waals surface area contributed by atoms with Gasteiger partial charge in [0.1, 0.15) is 17.7 Å². The minimum absolute atomic E-state index is 0.178. The van der Waals surface area contributed by atoms with Gasteiger partial charge in [0, 0.05) is 16.0 Å².